The molecule has 1 aromatic carbocycles. The number of rotatable bonds is 5. The van der Waals surface area contributed by atoms with Gasteiger partial charge in [-0.1, -0.05) is 26.8 Å². The largest absolute Gasteiger partial charge is 0.481 e. The SMILES string of the molecule is CCC(=O)Oc1cc(C)cc(C)c1C(C)(C)CC(=O)O. The van der Waals surface area contributed by atoms with Crippen LogP contribution in [0.25, 0.3) is 0 Å². The first-order chi connectivity index (χ1) is 9.17. The maximum absolute atomic E-state index is 11.6. The van der Waals surface area contributed by atoms with E-state index in [0.29, 0.717) is 5.75 Å². The normalized spacial score (nSPS) is 11.2. The van der Waals surface area contributed by atoms with Gasteiger partial charge in [-0.15, -0.1) is 0 Å². The molecule has 0 aliphatic rings. The third kappa shape index (κ3) is 3.83. The summed E-state index contributed by atoms with van der Waals surface area (Å²) in [4.78, 5) is 22.6. The smallest absolute Gasteiger partial charge is 0.310 e. The Morgan fingerprint density at radius 1 is 1.25 bits per heavy atom. The van der Waals surface area contributed by atoms with Gasteiger partial charge >= 0.3 is 11.9 Å². The molecule has 0 aromatic heterocycles. The lowest BCUT2D eigenvalue weighted by atomic mass is 9.78. The lowest BCUT2D eigenvalue weighted by Gasteiger charge is -2.28. The summed E-state index contributed by atoms with van der Waals surface area (Å²) in [6.45, 7) is 9.26. The number of carboxylic acid groups (broad SMARTS) is 1. The monoisotopic (exact) mass is 278 g/mol. The van der Waals surface area contributed by atoms with E-state index in [0.717, 1.165) is 16.7 Å². The van der Waals surface area contributed by atoms with Crippen molar-refractivity contribution in [1.82, 2.24) is 0 Å². The maximum atomic E-state index is 11.6. The molecule has 110 valence electrons. The predicted octanol–water partition coefficient (Wildman–Crippen LogP) is 3.37. The second-order valence-electron chi connectivity index (χ2n) is 5.74. The Balaban J connectivity index is 3.35. The molecule has 0 saturated carbocycles. The zero-order valence-electron chi connectivity index (χ0n) is 12.7. The summed E-state index contributed by atoms with van der Waals surface area (Å²) in [5.74, 6) is -0.717. The lowest BCUT2D eigenvalue weighted by molar-refractivity contribution is -0.138. The van der Waals surface area contributed by atoms with Gasteiger partial charge in [-0.3, -0.25) is 9.59 Å². The van der Waals surface area contributed by atoms with Crippen LogP contribution in [-0.4, -0.2) is 17.0 Å². The third-order valence-corrected chi connectivity index (χ3v) is 3.23. The molecule has 0 heterocycles. The number of aryl methyl sites for hydroxylation is 2. The topological polar surface area (TPSA) is 63.6 Å². The summed E-state index contributed by atoms with van der Waals surface area (Å²) < 4.78 is 5.39. The average molecular weight is 278 g/mol. The molecule has 0 bridgehead atoms. The number of hydrogen-bond acceptors (Lipinski definition) is 3. The van der Waals surface area contributed by atoms with Gasteiger partial charge in [0.05, 0.1) is 6.42 Å². The van der Waals surface area contributed by atoms with E-state index in [-0.39, 0.29) is 18.8 Å². The van der Waals surface area contributed by atoms with Crippen molar-refractivity contribution in [3.05, 3.63) is 28.8 Å². The van der Waals surface area contributed by atoms with Crippen LogP contribution in [0.4, 0.5) is 0 Å². The summed E-state index contributed by atoms with van der Waals surface area (Å²) in [6, 6.07) is 3.77. The van der Waals surface area contributed by atoms with Gasteiger partial charge in [-0.05, 0) is 31.0 Å². The van der Waals surface area contributed by atoms with Crippen molar-refractivity contribution in [3.8, 4) is 5.75 Å². The van der Waals surface area contributed by atoms with E-state index in [9.17, 15) is 9.59 Å². The fourth-order valence-corrected chi connectivity index (χ4v) is 2.54. The molecular weight excluding hydrogens is 256 g/mol. The van der Waals surface area contributed by atoms with Gasteiger partial charge in [0.1, 0.15) is 5.75 Å². The van der Waals surface area contributed by atoms with Crippen molar-refractivity contribution in [3.63, 3.8) is 0 Å². The van der Waals surface area contributed by atoms with Crippen LogP contribution in [0.15, 0.2) is 12.1 Å². The van der Waals surface area contributed by atoms with E-state index in [1.807, 2.05) is 33.8 Å². The minimum Gasteiger partial charge on any atom is -0.481 e. The van der Waals surface area contributed by atoms with Crippen LogP contribution in [0.2, 0.25) is 0 Å². The van der Waals surface area contributed by atoms with Crippen molar-refractivity contribution < 1.29 is 19.4 Å². The van der Waals surface area contributed by atoms with Gasteiger partial charge in [0, 0.05) is 17.4 Å². The minimum atomic E-state index is -0.872. The molecule has 0 radical (unpaired) electrons. The van der Waals surface area contributed by atoms with E-state index >= 15 is 0 Å². The fraction of sp³-hybridized carbons (Fsp3) is 0.500. The summed E-state index contributed by atoms with van der Waals surface area (Å²) in [7, 11) is 0. The molecule has 0 atom stereocenters. The number of carbonyl (C=O) groups is 2. The highest BCUT2D eigenvalue weighted by atomic mass is 16.5. The molecule has 0 fully saturated rings. The Bertz CT molecular complexity index is 530. The van der Waals surface area contributed by atoms with Crippen molar-refractivity contribution in [2.45, 2.75) is 52.9 Å². The number of carboxylic acids is 1. The number of benzene rings is 1. The minimum absolute atomic E-state index is 0.0203. The summed E-state index contributed by atoms with van der Waals surface area (Å²) in [5, 5.41) is 9.07. The van der Waals surface area contributed by atoms with Crippen LogP contribution in [0.3, 0.4) is 0 Å². The van der Waals surface area contributed by atoms with Crippen LogP contribution in [0.1, 0.15) is 50.3 Å². The molecule has 0 saturated heterocycles. The number of esters is 1. The molecule has 0 aliphatic carbocycles. The van der Waals surface area contributed by atoms with Crippen LogP contribution in [-0.2, 0) is 15.0 Å². The van der Waals surface area contributed by atoms with E-state index in [1.165, 1.54) is 0 Å². The first kappa shape index (κ1) is 16.2. The standard InChI is InChI=1S/C16H22O4/c1-6-14(19)20-12-8-10(2)7-11(3)15(12)16(4,5)9-13(17)18/h7-8H,6,9H2,1-5H3,(H,17,18). The zero-order valence-corrected chi connectivity index (χ0v) is 12.7. The highest BCUT2D eigenvalue weighted by Gasteiger charge is 2.30. The molecular formula is C16H22O4. The molecule has 0 amide bonds. The van der Waals surface area contributed by atoms with Crippen LogP contribution in [0, 0.1) is 13.8 Å². The molecule has 20 heavy (non-hydrogen) atoms. The Kier molecular flexibility index (Phi) is 4.93. The second kappa shape index (κ2) is 6.07. The van der Waals surface area contributed by atoms with E-state index in [4.69, 9.17) is 9.84 Å². The number of hydrogen-bond donors (Lipinski definition) is 1. The van der Waals surface area contributed by atoms with Gasteiger partial charge in [-0.2, -0.15) is 0 Å². The van der Waals surface area contributed by atoms with Gasteiger partial charge in [0.2, 0.25) is 0 Å². The van der Waals surface area contributed by atoms with E-state index < -0.39 is 11.4 Å². The number of ether oxygens (including phenoxy) is 1. The lowest BCUT2D eigenvalue weighted by Crippen LogP contribution is -2.24. The first-order valence-electron chi connectivity index (χ1n) is 6.71. The Hall–Kier alpha value is -1.84. The van der Waals surface area contributed by atoms with Crippen molar-refractivity contribution in [2.24, 2.45) is 0 Å². The van der Waals surface area contributed by atoms with Crippen LogP contribution in [0.5, 0.6) is 5.75 Å². The molecule has 1 aromatic rings. The molecule has 1 rings (SSSR count). The molecule has 4 nitrogen and oxygen atoms in total. The summed E-state index contributed by atoms with van der Waals surface area (Å²) in [6.07, 6.45) is 0.263. The predicted molar refractivity (Wildman–Crippen MR) is 77.1 cm³/mol. The molecule has 0 unspecified atom stereocenters. The van der Waals surface area contributed by atoms with Gasteiger partial charge in [-0.25, -0.2) is 0 Å². The number of carbonyl (C=O) groups excluding carboxylic acids is 1. The first-order valence-corrected chi connectivity index (χ1v) is 6.71. The van der Waals surface area contributed by atoms with Crippen LogP contribution >= 0.6 is 0 Å². The van der Waals surface area contributed by atoms with Crippen molar-refractivity contribution >= 4 is 11.9 Å². The Morgan fingerprint density at radius 2 is 1.85 bits per heavy atom. The molecule has 0 spiro atoms. The Morgan fingerprint density at radius 3 is 2.35 bits per heavy atom. The summed E-state index contributed by atoms with van der Waals surface area (Å²) >= 11 is 0. The molecule has 0 aliphatic heterocycles. The summed E-state index contributed by atoms with van der Waals surface area (Å²) in [5.41, 5.74) is 2.10. The quantitative estimate of drug-likeness (QED) is 0.662. The van der Waals surface area contributed by atoms with Gasteiger partial charge < -0.3 is 9.84 Å². The highest BCUT2D eigenvalue weighted by molar-refractivity contribution is 5.74. The highest BCUT2D eigenvalue weighted by Crippen LogP contribution is 2.38. The number of aliphatic carboxylic acids is 1. The zero-order chi connectivity index (χ0) is 15.5. The van der Waals surface area contributed by atoms with Crippen molar-refractivity contribution in [1.29, 1.82) is 0 Å². The maximum Gasteiger partial charge on any atom is 0.310 e. The van der Waals surface area contributed by atoms with Crippen molar-refractivity contribution in [2.75, 3.05) is 0 Å². The average Bonchev–Trinajstić information content (AvgIpc) is 2.25. The van der Waals surface area contributed by atoms with Gasteiger partial charge in [0.15, 0.2) is 0 Å². The second-order valence-corrected chi connectivity index (χ2v) is 5.74. The Labute approximate surface area is 119 Å². The third-order valence-electron chi connectivity index (χ3n) is 3.23. The van der Waals surface area contributed by atoms with Gasteiger partial charge in [0.25, 0.3) is 0 Å². The molecule has 1 N–H and O–H groups in total. The van der Waals surface area contributed by atoms with Crippen LogP contribution < -0.4 is 4.74 Å². The fourth-order valence-electron chi connectivity index (χ4n) is 2.54. The van der Waals surface area contributed by atoms with E-state index in [2.05, 4.69) is 0 Å². The van der Waals surface area contributed by atoms with E-state index in [1.54, 1.807) is 13.0 Å². The molecule has 4 heteroatoms.